The lowest BCUT2D eigenvalue weighted by molar-refractivity contribution is 0.179. The molecule has 1 N–H and O–H groups in total. The molecule has 1 aromatic rings. The second-order valence-corrected chi connectivity index (χ2v) is 4.35. The number of halogens is 1. The van der Waals surface area contributed by atoms with Gasteiger partial charge < -0.3 is 10.1 Å². The van der Waals surface area contributed by atoms with Gasteiger partial charge >= 0.3 is 0 Å². The standard InChI is InChI=1S/C13H18FNO/c1-10-4-5-12(14)13(9-10)16-11-3-2-7-15-8-6-11/h4-5,9,11,15H,2-3,6-8H2,1H3. The van der Waals surface area contributed by atoms with E-state index in [2.05, 4.69) is 5.32 Å². The largest absolute Gasteiger partial charge is 0.487 e. The Morgan fingerprint density at radius 3 is 3.06 bits per heavy atom. The molecule has 0 spiro atoms. The molecule has 0 radical (unpaired) electrons. The van der Waals surface area contributed by atoms with E-state index < -0.39 is 0 Å². The van der Waals surface area contributed by atoms with Crippen LogP contribution in [0.1, 0.15) is 24.8 Å². The van der Waals surface area contributed by atoms with Gasteiger partial charge in [-0.15, -0.1) is 0 Å². The predicted molar refractivity (Wildman–Crippen MR) is 62.3 cm³/mol. The number of nitrogens with one attached hydrogen (secondary N) is 1. The van der Waals surface area contributed by atoms with Crippen LogP contribution >= 0.6 is 0 Å². The fourth-order valence-corrected chi connectivity index (χ4v) is 1.99. The summed E-state index contributed by atoms with van der Waals surface area (Å²) in [4.78, 5) is 0. The first-order valence-corrected chi connectivity index (χ1v) is 5.89. The van der Waals surface area contributed by atoms with Crippen molar-refractivity contribution in [2.24, 2.45) is 0 Å². The number of ether oxygens (including phenoxy) is 1. The zero-order valence-corrected chi connectivity index (χ0v) is 9.63. The molecule has 1 fully saturated rings. The molecule has 0 saturated carbocycles. The molecule has 1 aliphatic heterocycles. The molecular weight excluding hydrogens is 205 g/mol. The van der Waals surface area contributed by atoms with E-state index in [1.165, 1.54) is 6.07 Å². The van der Waals surface area contributed by atoms with Crippen LogP contribution in [0.3, 0.4) is 0 Å². The summed E-state index contributed by atoms with van der Waals surface area (Å²) in [5.74, 6) is 0.134. The first-order valence-electron chi connectivity index (χ1n) is 5.89. The van der Waals surface area contributed by atoms with E-state index in [0.717, 1.165) is 37.9 Å². The van der Waals surface area contributed by atoms with Gasteiger partial charge in [0.25, 0.3) is 0 Å². The number of hydrogen-bond donors (Lipinski definition) is 1. The van der Waals surface area contributed by atoms with Gasteiger partial charge in [-0.3, -0.25) is 0 Å². The highest BCUT2D eigenvalue weighted by molar-refractivity contribution is 5.29. The quantitative estimate of drug-likeness (QED) is 0.832. The summed E-state index contributed by atoms with van der Waals surface area (Å²) >= 11 is 0. The maximum atomic E-state index is 13.5. The van der Waals surface area contributed by atoms with Gasteiger partial charge in [0.15, 0.2) is 11.6 Å². The van der Waals surface area contributed by atoms with Crippen molar-refractivity contribution in [3.05, 3.63) is 29.6 Å². The maximum absolute atomic E-state index is 13.5. The molecule has 1 heterocycles. The minimum Gasteiger partial charge on any atom is -0.487 e. The molecule has 1 saturated heterocycles. The highest BCUT2D eigenvalue weighted by atomic mass is 19.1. The van der Waals surface area contributed by atoms with Crippen LogP contribution in [0.15, 0.2) is 18.2 Å². The third-order valence-electron chi connectivity index (χ3n) is 2.90. The molecule has 2 rings (SSSR count). The normalized spacial score (nSPS) is 21.5. The Labute approximate surface area is 95.8 Å². The van der Waals surface area contributed by atoms with Gasteiger partial charge in [0.2, 0.25) is 0 Å². The van der Waals surface area contributed by atoms with Gasteiger partial charge in [0.05, 0.1) is 0 Å². The maximum Gasteiger partial charge on any atom is 0.165 e. The lowest BCUT2D eigenvalue weighted by atomic mass is 10.1. The average Bonchev–Trinajstić information content (AvgIpc) is 2.52. The molecule has 0 aromatic heterocycles. The topological polar surface area (TPSA) is 21.3 Å². The molecule has 0 aliphatic carbocycles. The third-order valence-corrected chi connectivity index (χ3v) is 2.90. The van der Waals surface area contributed by atoms with Crippen LogP contribution in [0.2, 0.25) is 0 Å². The Balaban J connectivity index is 2.04. The fourth-order valence-electron chi connectivity index (χ4n) is 1.99. The first-order chi connectivity index (χ1) is 7.75. The van der Waals surface area contributed by atoms with Crippen LogP contribution in [-0.4, -0.2) is 19.2 Å². The summed E-state index contributed by atoms with van der Waals surface area (Å²) in [5, 5.41) is 3.32. The van der Waals surface area contributed by atoms with Crippen molar-refractivity contribution < 1.29 is 9.13 Å². The number of rotatable bonds is 2. The molecule has 1 atom stereocenters. The molecule has 1 aliphatic rings. The van der Waals surface area contributed by atoms with Gasteiger partial charge in [0.1, 0.15) is 6.10 Å². The van der Waals surface area contributed by atoms with Crippen LogP contribution < -0.4 is 10.1 Å². The summed E-state index contributed by atoms with van der Waals surface area (Å²) in [6, 6.07) is 5.00. The van der Waals surface area contributed by atoms with Gasteiger partial charge in [-0.05, 0) is 57.0 Å². The summed E-state index contributed by atoms with van der Waals surface area (Å²) in [5.41, 5.74) is 1.03. The zero-order chi connectivity index (χ0) is 11.4. The van der Waals surface area contributed by atoms with E-state index in [0.29, 0.717) is 5.75 Å². The molecule has 0 amide bonds. The molecule has 0 bridgehead atoms. The second kappa shape index (κ2) is 5.30. The van der Waals surface area contributed by atoms with Gasteiger partial charge in [-0.2, -0.15) is 0 Å². The Morgan fingerprint density at radius 1 is 1.31 bits per heavy atom. The van der Waals surface area contributed by atoms with Gasteiger partial charge in [-0.1, -0.05) is 6.07 Å². The summed E-state index contributed by atoms with van der Waals surface area (Å²) in [6.45, 7) is 3.94. The summed E-state index contributed by atoms with van der Waals surface area (Å²) < 4.78 is 19.2. The van der Waals surface area contributed by atoms with Crippen LogP contribution in [0, 0.1) is 12.7 Å². The Hall–Kier alpha value is -1.09. The molecule has 1 aromatic carbocycles. The van der Waals surface area contributed by atoms with E-state index >= 15 is 0 Å². The summed E-state index contributed by atoms with van der Waals surface area (Å²) in [7, 11) is 0. The fraction of sp³-hybridized carbons (Fsp3) is 0.538. The molecule has 88 valence electrons. The van der Waals surface area contributed by atoms with Gasteiger partial charge in [0, 0.05) is 0 Å². The molecule has 3 heteroatoms. The third kappa shape index (κ3) is 2.95. The van der Waals surface area contributed by atoms with Crippen molar-refractivity contribution >= 4 is 0 Å². The highest BCUT2D eigenvalue weighted by Gasteiger charge is 2.15. The Morgan fingerprint density at radius 2 is 2.19 bits per heavy atom. The lowest BCUT2D eigenvalue weighted by Gasteiger charge is -2.17. The molecule has 16 heavy (non-hydrogen) atoms. The van der Waals surface area contributed by atoms with Crippen molar-refractivity contribution in [1.29, 1.82) is 0 Å². The van der Waals surface area contributed by atoms with E-state index in [-0.39, 0.29) is 11.9 Å². The van der Waals surface area contributed by atoms with Crippen LogP contribution in [0.25, 0.3) is 0 Å². The predicted octanol–water partition coefficient (Wildman–Crippen LogP) is 2.66. The number of aryl methyl sites for hydroxylation is 1. The van der Waals surface area contributed by atoms with Gasteiger partial charge in [-0.25, -0.2) is 4.39 Å². The van der Waals surface area contributed by atoms with Crippen LogP contribution in [0.5, 0.6) is 5.75 Å². The monoisotopic (exact) mass is 223 g/mol. The molecular formula is C13H18FNO. The van der Waals surface area contributed by atoms with Crippen molar-refractivity contribution in [3.63, 3.8) is 0 Å². The van der Waals surface area contributed by atoms with Crippen molar-refractivity contribution in [3.8, 4) is 5.75 Å². The van der Waals surface area contributed by atoms with E-state index in [9.17, 15) is 4.39 Å². The smallest absolute Gasteiger partial charge is 0.165 e. The lowest BCUT2D eigenvalue weighted by Crippen LogP contribution is -2.19. The minimum atomic E-state index is -0.261. The van der Waals surface area contributed by atoms with Crippen molar-refractivity contribution in [2.75, 3.05) is 13.1 Å². The van der Waals surface area contributed by atoms with Crippen molar-refractivity contribution in [1.82, 2.24) is 5.32 Å². The zero-order valence-electron chi connectivity index (χ0n) is 9.63. The van der Waals surface area contributed by atoms with Crippen LogP contribution in [0.4, 0.5) is 4.39 Å². The highest BCUT2D eigenvalue weighted by Crippen LogP contribution is 2.22. The number of hydrogen-bond acceptors (Lipinski definition) is 2. The SMILES string of the molecule is Cc1ccc(F)c(OC2CCCNCC2)c1. The van der Waals surface area contributed by atoms with E-state index in [1.807, 2.05) is 6.92 Å². The van der Waals surface area contributed by atoms with Crippen LogP contribution in [-0.2, 0) is 0 Å². The Kier molecular flexibility index (Phi) is 3.78. The Bertz CT molecular complexity index is 346. The number of benzene rings is 1. The van der Waals surface area contributed by atoms with Crippen molar-refractivity contribution in [2.45, 2.75) is 32.3 Å². The van der Waals surface area contributed by atoms with E-state index in [4.69, 9.17) is 4.74 Å². The molecule has 1 unspecified atom stereocenters. The molecule has 2 nitrogen and oxygen atoms in total. The second-order valence-electron chi connectivity index (χ2n) is 4.35. The first kappa shape index (κ1) is 11.4. The summed E-state index contributed by atoms with van der Waals surface area (Å²) in [6.07, 6.45) is 3.19. The minimum absolute atomic E-state index is 0.145. The average molecular weight is 223 g/mol. The van der Waals surface area contributed by atoms with E-state index in [1.54, 1.807) is 12.1 Å².